The minimum absolute atomic E-state index is 0.0214. The van der Waals surface area contributed by atoms with E-state index in [1.54, 1.807) is 0 Å². The smallest absolute Gasteiger partial charge is 0.408 e. The molecule has 1 aliphatic carbocycles. The Morgan fingerprint density at radius 3 is 2.74 bits per heavy atom. The van der Waals surface area contributed by atoms with Crippen LogP contribution in [-0.2, 0) is 39.2 Å². The number of benzene rings is 2. The summed E-state index contributed by atoms with van der Waals surface area (Å²) in [6.07, 6.45) is 3.63. The highest BCUT2D eigenvalue weighted by Crippen LogP contribution is 2.30. The van der Waals surface area contributed by atoms with Crippen molar-refractivity contribution in [2.45, 2.75) is 36.7 Å². The number of hydrogen-bond donors (Lipinski definition) is 1. The lowest BCUT2D eigenvalue weighted by molar-refractivity contribution is 0.194. The first-order chi connectivity index (χ1) is 18.6. The van der Waals surface area contributed by atoms with Crippen LogP contribution in [0.5, 0.6) is 0 Å². The highest BCUT2D eigenvalue weighted by molar-refractivity contribution is 7.93. The van der Waals surface area contributed by atoms with Crippen LogP contribution in [0.15, 0.2) is 50.8 Å². The van der Waals surface area contributed by atoms with Crippen LogP contribution in [0.1, 0.15) is 23.1 Å². The predicted molar refractivity (Wildman–Crippen MR) is 143 cm³/mol. The van der Waals surface area contributed by atoms with Gasteiger partial charge < -0.3 is 4.42 Å². The molecule has 1 N–H and O–H groups in total. The molecule has 2 aromatic heterocycles. The lowest BCUT2D eigenvalue weighted by Gasteiger charge is -2.37. The van der Waals surface area contributed by atoms with Gasteiger partial charge in [0.1, 0.15) is 17.0 Å². The molecule has 0 unspecified atom stereocenters. The van der Waals surface area contributed by atoms with E-state index >= 15 is 4.39 Å². The molecular weight excluding hydrogens is 569 g/mol. The van der Waals surface area contributed by atoms with Crippen molar-refractivity contribution >= 4 is 47.6 Å². The number of rotatable bonds is 6. The van der Waals surface area contributed by atoms with E-state index in [0.717, 1.165) is 53.2 Å². The van der Waals surface area contributed by atoms with Crippen molar-refractivity contribution in [2.24, 2.45) is 0 Å². The van der Waals surface area contributed by atoms with Crippen molar-refractivity contribution in [1.82, 2.24) is 18.8 Å². The maximum Gasteiger partial charge on any atom is 0.420 e. The second-order valence-corrected chi connectivity index (χ2v) is 14.4. The lowest BCUT2D eigenvalue weighted by Crippen LogP contribution is -2.48. The van der Waals surface area contributed by atoms with Crippen molar-refractivity contribution in [3.05, 3.63) is 69.7 Å². The fourth-order valence-electron chi connectivity index (χ4n) is 5.37. The van der Waals surface area contributed by atoms with E-state index in [1.807, 2.05) is 18.2 Å². The number of hydrogen-bond acceptors (Lipinski definition) is 10. The van der Waals surface area contributed by atoms with Crippen molar-refractivity contribution in [3.63, 3.8) is 0 Å². The number of halogens is 1. The lowest BCUT2D eigenvalue weighted by atomic mass is 9.84. The number of fused-ring (bicyclic) bond motifs is 2. The maximum atomic E-state index is 15.1. The first-order valence-corrected chi connectivity index (χ1v) is 16.3. The molecule has 2 aliphatic rings. The summed E-state index contributed by atoms with van der Waals surface area (Å²) in [4.78, 5) is 18.1. The average Bonchev–Trinajstić information content (AvgIpc) is 3.50. The van der Waals surface area contributed by atoms with Crippen LogP contribution in [0.3, 0.4) is 0 Å². The Morgan fingerprint density at radius 2 is 2.00 bits per heavy atom. The van der Waals surface area contributed by atoms with Gasteiger partial charge in [-0.1, -0.05) is 18.2 Å². The third kappa shape index (κ3) is 5.11. The summed E-state index contributed by atoms with van der Waals surface area (Å²) >= 11 is 0.801. The van der Waals surface area contributed by atoms with E-state index in [0.29, 0.717) is 19.5 Å². The van der Waals surface area contributed by atoms with Gasteiger partial charge in [0.25, 0.3) is 10.0 Å². The molecule has 3 heterocycles. The van der Waals surface area contributed by atoms with Crippen molar-refractivity contribution < 1.29 is 25.6 Å². The number of nitrogens with zero attached hydrogens (tertiary/aromatic N) is 4. The molecule has 11 nitrogen and oxygen atoms in total. The first kappa shape index (κ1) is 26.1. The van der Waals surface area contributed by atoms with Gasteiger partial charge in [-0.3, -0.25) is 14.2 Å². The number of nitrogens with one attached hydrogen (secondary N) is 1. The van der Waals surface area contributed by atoms with Gasteiger partial charge in [0.15, 0.2) is 15.4 Å². The Bertz CT molecular complexity index is 1820. The largest absolute Gasteiger partial charge is 0.420 e. The van der Waals surface area contributed by atoms with Crippen LogP contribution in [0.25, 0.3) is 11.1 Å². The third-order valence-electron chi connectivity index (χ3n) is 7.37. The van der Waals surface area contributed by atoms with Gasteiger partial charge in [0.2, 0.25) is 5.13 Å². The van der Waals surface area contributed by atoms with Crippen LogP contribution < -0.4 is 10.5 Å². The maximum absolute atomic E-state index is 15.1. The van der Waals surface area contributed by atoms with E-state index in [9.17, 15) is 21.6 Å². The van der Waals surface area contributed by atoms with E-state index in [4.69, 9.17) is 4.42 Å². The van der Waals surface area contributed by atoms with E-state index in [1.165, 1.54) is 10.9 Å². The van der Waals surface area contributed by atoms with Gasteiger partial charge in [-0.15, -0.1) is 0 Å². The van der Waals surface area contributed by atoms with Crippen LogP contribution in [0.2, 0.25) is 0 Å². The van der Waals surface area contributed by atoms with E-state index < -0.39 is 36.3 Å². The Labute approximate surface area is 227 Å². The first-order valence-electron chi connectivity index (χ1n) is 12.3. The Morgan fingerprint density at radius 1 is 1.21 bits per heavy atom. The fourth-order valence-corrected chi connectivity index (χ4v) is 8.34. The molecule has 39 heavy (non-hydrogen) atoms. The molecule has 0 bridgehead atoms. The van der Waals surface area contributed by atoms with E-state index in [-0.39, 0.29) is 40.3 Å². The normalized spacial score (nSPS) is 19.7. The molecule has 2 aromatic carbocycles. The van der Waals surface area contributed by atoms with Crippen LogP contribution in [0, 0.1) is 5.82 Å². The minimum Gasteiger partial charge on any atom is -0.408 e. The zero-order chi connectivity index (χ0) is 27.4. The van der Waals surface area contributed by atoms with Gasteiger partial charge in [-0.05, 0) is 36.0 Å². The Balaban J connectivity index is 1.30. The molecule has 1 atom stereocenters. The van der Waals surface area contributed by atoms with Crippen molar-refractivity contribution in [1.29, 1.82) is 0 Å². The van der Waals surface area contributed by atoms with Gasteiger partial charge in [0, 0.05) is 42.8 Å². The molecule has 15 heteroatoms. The SMILES string of the molecule is O=c1oc2cc(S(=O)(=O)Nc3ncns3)c(F)cc2n1Cc1cccc2c1C[C@H](N1CCS(=O)(=O)CC1)CC2. The van der Waals surface area contributed by atoms with Gasteiger partial charge >= 0.3 is 5.76 Å². The molecule has 6 rings (SSSR count). The van der Waals surface area contributed by atoms with Crippen LogP contribution >= 0.6 is 11.5 Å². The minimum atomic E-state index is -4.33. The molecule has 1 aliphatic heterocycles. The molecule has 0 amide bonds. The Kier molecular flexibility index (Phi) is 6.56. The van der Waals surface area contributed by atoms with Crippen LogP contribution in [-0.4, -0.2) is 66.3 Å². The number of sulfone groups is 1. The van der Waals surface area contributed by atoms with Crippen LogP contribution in [0.4, 0.5) is 9.52 Å². The van der Waals surface area contributed by atoms with Crippen molar-refractivity contribution in [3.8, 4) is 0 Å². The standard InChI is InChI=1S/C24H24FN5O6S3/c25-19-11-20-21(12-22(19)39(34,35)28-23-26-14-27-37-23)36-24(31)30(20)13-16-3-1-2-15-4-5-17(10-18(15)16)29-6-8-38(32,33)9-7-29/h1-3,11-12,14,17H,4-10,13H2,(H,26,27,28)/t17-/m1/s1. The zero-order valence-electron chi connectivity index (χ0n) is 20.5. The van der Waals surface area contributed by atoms with Gasteiger partial charge in [0.05, 0.1) is 23.6 Å². The van der Waals surface area contributed by atoms with E-state index in [2.05, 4.69) is 19.0 Å². The third-order valence-corrected chi connectivity index (χ3v) is 11.0. The fraction of sp³-hybridized carbons (Fsp3) is 0.375. The molecule has 1 fully saturated rings. The number of anilines is 1. The summed E-state index contributed by atoms with van der Waals surface area (Å²) in [5.74, 6) is -1.45. The number of aromatic nitrogens is 3. The summed E-state index contributed by atoms with van der Waals surface area (Å²) in [7, 11) is -7.31. The molecule has 1 saturated heterocycles. The van der Waals surface area contributed by atoms with Gasteiger partial charge in [-0.2, -0.15) is 4.37 Å². The predicted octanol–water partition coefficient (Wildman–Crippen LogP) is 2.02. The molecule has 0 spiro atoms. The molecule has 206 valence electrons. The van der Waals surface area contributed by atoms with Gasteiger partial charge in [-0.25, -0.2) is 31.0 Å². The second-order valence-electron chi connectivity index (χ2n) is 9.70. The highest BCUT2D eigenvalue weighted by atomic mass is 32.2. The summed E-state index contributed by atoms with van der Waals surface area (Å²) in [5, 5.41) is -0.0214. The summed E-state index contributed by atoms with van der Waals surface area (Å²) in [6.45, 7) is 1.13. The Hall–Kier alpha value is -3.14. The monoisotopic (exact) mass is 593 g/mol. The summed E-state index contributed by atoms with van der Waals surface area (Å²) < 4.78 is 76.8. The molecule has 0 saturated carbocycles. The average molecular weight is 594 g/mol. The molecular formula is C24H24FN5O6S3. The molecule has 0 radical (unpaired) electrons. The quantitative estimate of drug-likeness (QED) is 0.355. The number of sulfonamides is 1. The second kappa shape index (κ2) is 9.80. The number of aryl methyl sites for hydroxylation is 1. The van der Waals surface area contributed by atoms with Crippen molar-refractivity contribution in [2.75, 3.05) is 29.3 Å². The summed E-state index contributed by atoms with van der Waals surface area (Å²) in [5.41, 5.74) is 3.21. The highest BCUT2D eigenvalue weighted by Gasteiger charge is 2.31. The zero-order valence-corrected chi connectivity index (χ0v) is 23.0. The summed E-state index contributed by atoms with van der Waals surface area (Å²) in [6, 6.07) is 8.05. The number of oxazole rings is 1. The topological polar surface area (TPSA) is 144 Å². The molecule has 4 aromatic rings.